The van der Waals surface area contributed by atoms with Crippen LogP contribution in [0.1, 0.15) is 13.3 Å². The SMILES string of the molecule is C[C@H](COc1ccc(F)cc1F)NC(=O)[C@H]1C[C@H]1C(=O)O. The highest BCUT2D eigenvalue weighted by Gasteiger charge is 2.48. The van der Waals surface area contributed by atoms with Crippen molar-refractivity contribution in [2.24, 2.45) is 11.8 Å². The summed E-state index contributed by atoms with van der Waals surface area (Å²) < 4.78 is 31.2. The normalized spacial score (nSPS) is 21.5. The molecule has 0 saturated heterocycles. The van der Waals surface area contributed by atoms with E-state index in [0.717, 1.165) is 6.07 Å². The first kappa shape index (κ1) is 15.2. The van der Waals surface area contributed by atoms with E-state index in [9.17, 15) is 18.4 Å². The summed E-state index contributed by atoms with van der Waals surface area (Å²) in [6, 6.07) is 2.53. The molecular formula is C14H15F2NO4. The molecule has 1 aromatic carbocycles. The van der Waals surface area contributed by atoms with Crippen LogP contribution in [0.4, 0.5) is 8.78 Å². The number of rotatable bonds is 6. The zero-order chi connectivity index (χ0) is 15.6. The molecule has 0 bridgehead atoms. The molecule has 3 atom stereocenters. The molecule has 2 rings (SSSR count). The third kappa shape index (κ3) is 3.90. The van der Waals surface area contributed by atoms with Crippen LogP contribution in [0.3, 0.4) is 0 Å². The fraction of sp³-hybridized carbons (Fsp3) is 0.429. The van der Waals surface area contributed by atoms with Crippen molar-refractivity contribution in [1.82, 2.24) is 5.32 Å². The van der Waals surface area contributed by atoms with Gasteiger partial charge in [0.15, 0.2) is 11.6 Å². The van der Waals surface area contributed by atoms with E-state index in [0.29, 0.717) is 12.5 Å². The van der Waals surface area contributed by atoms with E-state index in [1.165, 1.54) is 6.07 Å². The van der Waals surface area contributed by atoms with E-state index in [4.69, 9.17) is 9.84 Å². The van der Waals surface area contributed by atoms with Crippen LogP contribution in [-0.2, 0) is 9.59 Å². The van der Waals surface area contributed by atoms with Crippen molar-refractivity contribution < 1.29 is 28.2 Å². The Kier molecular flexibility index (Phi) is 4.40. The minimum Gasteiger partial charge on any atom is -0.488 e. The van der Waals surface area contributed by atoms with Gasteiger partial charge >= 0.3 is 5.97 Å². The molecule has 2 N–H and O–H groups in total. The zero-order valence-corrected chi connectivity index (χ0v) is 11.3. The molecule has 0 radical (unpaired) electrons. The van der Waals surface area contributed by atoms with Gasteiger partial charge in [-0.1, -0.05) is 0 Å². The zero-order valence-electron chi connectivity index (χ0n) is 11.3. The number of carbonyl (C=O) groups is 2. The van der Waals surface area contributed by atoms with E-state index >= 15 is 0 Å². The predicted molar refractivity (Wildman–Crippen MR) is 68.7 cm³/mol. The second kappa shape index (κ2) is 6.07. The van der Waals surface area contributed by atoms with Gasteiger partial charge in [0.1, 0.15) is 12.4 Å². The molecule has 0 aromatic heterocycles. The largest absolute Gasteiger partial charge is 0.488 e. The molecular weight excluding hydrogens is 284 g/mol. The number of carboxylic acid groups (broad SMARTS) is 1. The van der Waals surface area contributed by atoms with E-state index in [1.807, 2.05) is 0 Å². The number of halogens is 2. The fourth-order valence-electron chi connectivity index (χ4n) is 1.96. The topological polar surface area (TPSA) is 75.6 Å². The predicted octanol–water partition coefficient (Wildman–Crippen LogP) is 1.57. The number of ether oxygens (including phenoxy) is 1. The van der Waals surface area contributed by atoms with Crippen molar-refractivity contribution in [3.8, 4) is 5.75 Å². The first-order chi connectivity index (χ1) is 9.88. The average Bonchev–Trinajstić information content (AvgIpc) is 3.18. The number of benzene rings is 1. The lowest BCUT2D eigenvalue weighted by Gasteiger charge is -2.15. The molecule has 1 aliphatic carbocycles. The summed E-state index contributed by atoms with van der Waals surface area (Å²) in [5.41, 5.74) is 0. The average molecular weight is 299 g/mol. The number of aliphatic carboxylic acids is 1. The van der Waals surface area contributed by atoms with Crippen molar-refractivity contribution in [1.29, 1.82) is 0 Å². The molecule has 1 fully saturated rings. The molecule has 1 saturated carbocycles. The first-order valence-corrected chi connectivity index (χ1v) is 6.49. The van der Waals surface area contributed by atoms with Crippen LogP contribution in [0, 0.1) is 23.5 Å². The maximum atomic E-state index is 13.3. The summed E-state index contributed by atoms with van der Waals surface area (Å²) in [6.07, 6.45) is 0.335. The van der Waals surface area contributed by atoms with Crippen LogP contribution in [-0.4, -0.2) is 29.6 Å². The molecule has 0 heterocycles. The maximum Gasteiger partial charge on any atom is 0.307 e. The van der Waals surface area contributed by atoms with E-state index in [-0.39, 0.29) is 18.3 Å². The number of amides is 1. The number of hydrogen-bond acceptors (Lipinski definition) is 3. The number of carboxylic acids is 1. The molecule has 21 heavy (non-hydrogen) atoms. The molecule has 114 valence electrons. The van der Waals surface area contributed by atoms with Gasteiger partial charge in [0.25, 0.3) is 0 Å². The molecule has 0 spiro atoms. The first-order valence-electron chi connectivity index (χ1n) is 6.49. The minimum absolute atomic E-state index is 0.00124. The smallest absolute Gasteiger partial charge is 0.307 e. The van der Waals surface area contributed by atoms with Crippen LogP contribution in [0.5, 0.6) is 5.75 Å². The Balaban J connectivity index is 1.78. The van der Waals surface area contributed by atoms with Crippen LogP contribution >= 0.6 is 0 Å². The minimum atomic E-state index is -0.979. The van der Waals surface area contributed by atoms with Gasteiger partial charge in [0, 0.05) is 6.07 Å². The third-order valence-corrected chi connectivity index (χ3v) is 3.22. The molecule has 0 aliphatic heterocycles. The Morgan fingerprint density at radius 2 is 2.14 bits per heavy atom. The van der Waals surface area contributed by atoms with Gasteiger partial charge in [0.05, 0.1) is 17.9 Å². The Morgan fingerprint density at radius 3 is 2.71 bits per heavy atom. The monoisotopic (exact) mass is 299 g/mol. The lowest BCUT2D eigenvalue weighted by molar-refractivity contribution is -0.140. The number of hydrogen-bond donors (Lipinski definition) is 2. The quantitative estimate of drug-likeness (QED) is 0.836. The van der Waals surface area contributed by atoms with E-state index in [2.05, 4.69) is 5.32 Å². The summed E-state index contributed by atoms with van der Waals surface area (Å²) in [7, 11) is 0. The summed E-state index contributed by atoms with van der Waals surface area (Å²) in [4.78, 5) is 22.4. The third-order valence-electron chi connectivity index (χ3n) is 3.22. The van der Waals surface area contributed by atoms with Gasteiger partial charge in [-0.3, -0.25) is 9.59 Å². The van der Waals surface area contributed by atoms with Gasteiger partial charge in [-0.15, -0.1) is 0 Å². The fourth-order valence-corrected chi connectivity index (χ4v) is 1.96. The Hall–Kier alpha value is -2.18. The summed E-state index contributed by atoms with van der Waals surface area (Å²) in [5, 5.41) is 11.3. The summed E-state index contributed by atoms with van der Waals surface area (Å²) >= 11 is 0. The van der Waals surface area contributed by atoms with Crippen molar-refractivity contribution >= 4 is 11.9 Å². The molecule has 1 aliphatic rings. The van der Waals surface area contributed by atoms with Crippen molar-refractivity contribution in [2.75, 3.05) is 6.61 Å². The highest BCUT2D eigenvalue weighted by Crippen LogP contribution is 2.38. The van der Waals surface area contributed by atoms with E-state index < -0.39 is 35.5 Å². The Bertz CT molecular complexity index is 564. The van der Waals surface area contributed by atoms with Crippen molar-refractivity contribution in [3.63, 3.8) is 0 Å². The maximum absolute atomic E-state index is 13.3. The summed E-state index contributed by atoms with van der Waals surface area (Å²) in [5.74, 6) is -4.07. The molecule has 5 nitrogen and oxygen atoms in total. The van der Waals surface area contributed by atoms with Crippen LogP contribution in [0.15, 0.2) is 18.2 Å². The lowest BCUT2D eigenvalue weighted by Crippen LogP contribution is -2.38. The lowest BCUT2D eigenvalue weighted by atomic mass is 10.2. The molecule has 1 amide bonds. The standard InChI is InChI=1S/C14H15F2NO4/c1-7(17-13(18)9-5-10(9)14(19)20)6-21-12-3-2-8(15)4-11(12)16/h2-4,7,9-10H,5-6H2,1H3,(H,17,18)(H,19,20)/t7-,9+,10-/m1/s1. The Morgan fingerprint density at radius 1 is 1.43 bits per heavy atom. The number of carbonyl (C=O) groups excluding carboxylic acids is 1. The molecule has 0 unspecified atom stereocenters. The van der Waals surface area contributed by atoms with E-state index in [1.54, 1.807) is 6.92 Å². The van der Waals surface area contributed by atoms with Gasteiger partial charge in [-0.05, 0) is 25.5 Å². The van der Waals surface area contributed by atoms with Gasteiger partial charge in [0.2, 0.25) is 5.91 Å². The highest BCUT2D eigenvalue weighted by molar-refractivity contribution is 5.89. The second-order valence-electron chi connectivity index (χ2n) is 5.08. The number of nitrogens with one attached hydrogen (secondary N) is 1. The second-order valence-corrected chi connectivity index (χ2v) is 5.08. The van der Waals surface area contributed by atoms with Crippen LogP contribution < -0.4 is 10.1 Å². The molecule has 7 heteroatoms. The van der Waals surface area contributed by atoms with Crippen molar-refractivity contribution in [2.45, 2.75) is 19.4 Å². The Labute approximate surface area is 119 Å². The molecule has 1 aromatic rings. The van der Waals surface area contributed by atoms with Crippen molar-refractivity contribution in [3.05, 3.63) is 29.8 Å². The van der Waals surface area contributed by atoms with Gasteiger partial charge < -0.3 is 15.2 Å². The summed E-state index contributed by atoms with van der Waals surface area (Å²) in [6.45, 7) is 1.65. The van der Waals surface area contributed by atoms with Gasteiger partial charge in [-0.25, -0.2) is 8.78 Å². The van der Waals surface area contributed by atoms with Gasteiger partial charge in [-0.2, -0.15) is 0 Å². The van der Waals surface area contributed by atoms with Crippen LogP contribution in [0.25, 0.3) is 0 Å². The highest BCUT2D eigenvalue weighted by atomic mass is 19.1. The van der Waals surface area contributed by atoms with Crippen LogP contribution in [0.2, 0.25) is 0 Å².